The van der Waals surface area contributed by atoms with E-state index in [1.165, 1.54) is 11.8 Å². The second kappa shape index (κ2) is 8.26. The molecule has 3 heterocycles. The number of fused-ring (bicyclic) bond motifs is 1. The molecular formula is C18H17BrN4O3S. The monoisotopic (exact) mass is 448 g/mol. The number of hydrogen-bond donors (Lipinski definition) is 0. The van der Waals surface area contributed by atoms with Crippen molar-refractivity contribution in [2.45, 2.75) is 24.2 Å². The number of benzene rings is 1. The first-order chi connectivity index (χ1) is 13.2. The molecule has 1 amide bonds. The van der Waals surface area contributed by atoms with E-state index < -0.39 is 0 Å². The lowest BCUT2D eigenvalue weighted by Gasteiger charge is -2.32. The van der Waals surface area contributed by atoms with Gasteiger partial charge in [-0.25, -0.2) is 15.0 Å². The molecule has 1 aliphatic rings. The number of carbonyl (C=O) groups excluding carboxylic acids is 1. The van der Waals surface area contributed by atoms with Gasteiger partial charge in [0.25, 0.3) is 5.22 Å². The summed E-state index contributed by atoms with van der Waals surface area (Å²) in [5.74, 6) is 0.334. The minimum absolute atomic E-state index is 0.0484. The number of thioether (sulfide) groups is 1. The molecule has 9 heteroatoms. The number of para-hydroxylation sites is 2. The average Bonchev–Trinajstić information content (AvgIpc) is 3.11. The largest absolute Gasteiger partial charge is 0.458 e. The Hall–Kier alpha value is -2.13. The predicted molar refractivity (Wildman–Crippen MR) is 105 cm³/mol. The normalized spacial score (nSPS) is 17.2. The molecule has 27 heavy (non-hydrogen) atoms. The molecule has 1 saturated heterocycles. The zero-order chi connectivity index (χ0) is 18.6. The Morgan fingerprint density at radius 2 is 2.15 bits per heavy atom. The summed E-state index contributed by atoms with van der Waals surface area (Å²) in [6.45, 7) is 1.26. The Kier molecular flexibility index (Phi) is 5.58. The summed E-state index contributed by atoms with van der Waals surface area (Å²) in [5.41, 5.74) is 1.53. The topological polar surface area (TPSA) is 81.4 Å². The van der Waals surface area contributed by atoms with E-state index in [0.29, 0.717) is 17.8 Å². The van der Waals surface area contributed by atoms with Crippen LogP contribution >= 0.6 is 27.7 Å². The molecule has 1 fully saturated rings. The van der Waals surface area contributed by atoms with E-state index in [1.807, 2.05) is 29.2 Å². The van der Waals surface area contributed by atoms with Gasteiger partial charge in [0.2, 0.25) is 5.91 Å². The molecule has 0 N–H and O–H groups in total. The van der Waals surface area contributed by atoms with Crippen molar-refractivity contribution < 1.29 is 13.9 Å². The maximum absolute atomic E-state index is 12.6. The first-order valence-electron chi connectivity index (χ1n) is 8.58. The molecule has 1 aromatic carbocycles. The number of hydrogen-bond acceptors (Lipinski definition) is 7. The molecule has 3 aromatic rings. The van der Waals surface area contributed by atoms with E-state index in [9.17, 15) is 4.79 Å². The summed E-state index contributed by atoms with van der Waals surface area (Å²) in [4.78, 5) is 27.0. The third kappa shape index (κ3) is 4.59. The lowest BCUT2D eigenvalue weighted by atomic mass is 10.1. The van der Waals surface area contributed by atoms with Crippen LogP contribution in [0.5, 0.6) is 6.01 Å². The fourth-order valence-corrected chi connectivity index (χ4v) is 3.84. The molecule has 0 bridgehead atoms. The van der Waals surface area contributed by atoms with Crippen molar-refractivity contribution in [1.82, 2.24) is 19.9 Å². The second-order valence-electron chi connectivity index (χ2n) is 6.14. The van der Waals surface area contributed by atoms with Crippen molar-refractivity contribution in [1.29, 1.82) is 0 Å². The van der Waals surface area contributed by atoms with Crippen LogP contribution in [0.25, 0.3) is 11.1 Å². The fourth-order valence-electron chi connectivity index (χ4n) is 2.90. The SMILES string of the molecule is O=C(CSc1nc2ccccc2o1)N1CCCC(Oc2ncc(Br)cn2)C1. The van der Waals surface area contributed by atoms with Gasteiger partial charge in [-0.05, 0) is 40.9 Å². The molecule has 7 nitrogen and oxygen atoms in total. The van der Waals surface area contributed by atoms with Crippen LogP contribution < -0.4 is 4.74 Å². The van der Waals surface area contributed by atoms with Gasteiger partial charge in [-0.3, -0.25) is 4.79 Å². The van der Waals surface area contributed by atoms with Crippen LogP contribution in [0.1, 0.15) is 12.8 Å². The molecule has 1 unspecified atom stereocenters. The van der Waals surface area contributed by atoms with E-state index >= 15 is 0 Å². The minimum Gasteiger partial charge on any atom is -0.458 e. The number of piperidine rings is 1. The van der Waals surface area contributed by atoms with Gasteiger partial charge >= 0.3 is 6.01 Å². The lowest BCUT2D eigenvalue weighted by molar-refractivity contribution is -0.131. The Balaban J connectivity index is 1.32. The minimum atomic E-state index is -0.0989. The molecule has 2 aromatic heterocycles. The van der Waals surface area contributed by atoms with Crippen LogP contribution in [-0.2, 0) is 4.79 Å². The number of ether oxygens (including phenoxy) is 1. The summed E-state index contributed by atoms with van der Waals surface area (Å²) in [6.07, 6.45) is 4.95. The van der Waals surface area contributed by atoms with Gasteiger partial charge in [0, 0.05) is 18.9 Å². The number of nitrogens with zero attached hydrogens (tertiary/aromatic N) is 4. The zero-order valence-electron chi connectivity index (χ0n) is 14.4. The second-order valence-corrected chi connectivity index (χ2v) is 7.98. The summed E-state index contributed by atoms with van der Waals surface area (Å²) in [7, 11) is 0. The van der Waals surface area contributed by atoms with Crippen LogP contribution in [0, 0.1) is 0 Å². The first-order valence-corrected chi connectivity index (χ1v) is 10.4. The third-order valence-corrected chi connectivity index (χ3v) is 5.42. The van der Waals surface area contributed by atoms with Gasteiger partial charge in [-0.1, -0.05) is 23.9 Å². The third-order valence-electron chi connectivity index (χ3n) is 4.19. The summed E-state index contributed by atoms with van der Waals surface area (Å²) in [5, 5.41) is 0.512. The highest BCUT2D eigenvalue weighted by atomic mass is 79.9. The fraction of sp³-hybridized carbons (Fsp3) is 0.333. The highest BCUT2D eigenvalue weighted by Gasteiger charge is 2.26. The molecule has 140 valence electrons. The number of amides is 1. The van der Waals surface area contributed by atoms with Crippen molar-refractivity contribution >= 4 is 44.7 Å². The highest BCUT2D eigenvalue weighted by molar-refractivity contribution is 9.10. The van der Waals surface area contributed by atoms with Gasteiger partial charge in [-0.2, -0.15) is 0 Å². The van der Waals surface area contributed by atoms with Gasteiger partial charge in [0.15, 0.2) is 5.58 Å². The Morgan fingerprint density at radius 1 is 1.33 bits per heavy atom. The van der Waals surface area contributed by atoms with Crippen molar-refractivity contribution in [2.24, 2.45) is 0 Å². The van der Waals surface area contributed by atoms with Crippen LogP contribution in [0.3, 0.4) is 0 Å². The van der Waals surface area contributed by atoms with Crippen LogP contribution in [0.2, 0.25) is 0 Å². The quantitative estimate of drug-likeness (QED) is 0.551. The molecule has 1 atom stereocenters. The number of halogens is 1. The molecule has 0 saturated carbocycles. The van der Waals surface area contributed by atoms with E-state index in [0.717, 1.165) is 35.0 Å². The summed E-state index contributed by atoms with van der Waals surface area (Å²) >= 11 is 4.61. The molecule has 0 aliphatic carbocycles. The first kappa shape index (κ1) is 18.2. The average molecular weight is 449 g/mol. The number of aromatic nitrogens is 3. The smallest absolute Gasteiger partial charge is 0.316 e. The molecule has 4 rings (SSSR count). The molecule has 1 aliphatic heterocycles. The highest BCUT2D eigenvalue weighted by Crippen LogP contribution is 2.24. The van der Waals surface area contributed by atoms with E-state index in [1.54, 1.807) is 12.4 Å². The summed E-state index contributed by atoms with van der Waals surface area (Å²) < 4.78 is 12.3. The number of oxazole rings is 1. The van der Waals surface area contributed by atoms with E-state index in [-0.39, 0.29) is 17.8 Å². The lowest BCUT2D eigenvalue weighted by Crippen LogP contribution is -2.45. The standard InChI is InChI=1S/C18H17BrN4O3S/c19-12-8-20-17(21-9-12)25-13-4-3-7-23(10-13)16(24)11-27-18-22-14-5-1-2-6-15(14)26-18/h1-2,5-6,8-9,13H,3-4,7,10-11H2. The number of likely N-dealkylation sites (tertiary alicyclic amines) is 1. The Bertz CT molecular complexity index is 901. The zero-order valence-corrected chi connectivity index (χ0v) is 16.8. The van der Waals surface area contributed by atoms with Gasteiger partial charge in [0.05, 0.1) is 16.8 Å². The Labute approximate surface area is 168 Å². The number of rotatable bonds is 5. The van der Waals surface area contributed by atoms with Gasteiger partial charge < -0.3 is 14.1 Å². The molecule has 0 spiro atoms. The number of carbonyl (C=O) groups is 1. The maximum Gasteiger partial charge on any atom is 0.316 e. The van der Waals surface area contributed by atoms with Crippen molar-refractivity contribution in [3.63, 3.8) is 0 Å². The molecular weight excluding hydrogens is 432 g/mol. The van der Waals surface area contributed by atoms with Crippen LogP contribution in [-0.4, -0.2) is 50.7 Å². The van der Waals surface area contributed by atoms with Crippen molar-refractivity contribution in [2.75, 3.05) is 18.8 Å². The Morgan fingerprint density at radius 3 is 2.96 bits per heavy atom. The van der Waals surface area contributed by atoms with E-state index in [2.05, 4.69) is 30.9 Å². The van der Waals surface area contributed by atoms with Gasteiger partial charge in [-0.15, -0.1) is 0 Å². The van der Waals surface area contributed by atoms with Crippen molar-refractivity contribution in [3.8, 4) is 6.01 Å². The van der Waals surface area contributed by atoms with E-state index in [4.69, 9.17) is 9.15 Å². The summed E-state index contributed by atoms with van der Waals surface area (Å²) in [6, 6.07) is 7.90. The predicted octanol–water partition coefficient (Wildman–Crippen LogP) is 3.54. The van der Waals surface area contributed by atoms with Crippen LogP contribution in [0.4, 0.5) is 0 Å². The van der Waals surface area contributed by atoms with Crippen molar-refractivity contribution in [3.05, 3.63) is 41.1 Å². The molecule has 0 radical (unpaired) electrons. The van der Waals surface area contributed by atoms with Crippen LogP contribution in [0.15, 0.2) is 50.8 Å². The van der Waals surface area contributed by atoms with Gasteiger partial charge in [0.1, 0.15) is 11.6 Å². The maximum atomic E-state index is 12.6.